The van der Waals surface area contributed by atoms with Gasteiger partial charge in [-0.25, -0.2) is 0 Å². The third-order valence-corrected chi connectivity index (χ3v) is 2.32. The standard InChI is InChI=1S/C11H12O2.C2H6/c1-8-7-13-11(2,12)10-6-4-3-5-9(8)10;1-2/h3-7,12H,1-2H3;1-2H3. The molecule has 0 aromatic heterocycles. The Hall–Kier alpha value is -1.28. The molecule has 82 valence electrons. The highest BCUT2D eigenvalue weighted by molar-refractivity contribution is 5.67. The summed E-state index contributed by atoms with van der Waals surface area (Å²) in [6, 6.07) is 7.72. The lowest BCUT2D eigenvalue weighted by atomic mass is 9.94. The number of aliphatic hydroxyl groups is 1. The molecule has 0 saturated heterocycles. The topological polar surface area (TPSA) is 29.5 Å². The smallest absolute Gasteiger partial charge is 0.231 e. The van der Waals surface area contributed by atoms with Gasteiger partial charge in [0.05, 0.1) is 6.26 Å². The van der Waals surface area contributed by atoms with E-state index in [0.717, 1.165) is 16.7 Å². The van der Waals surface area contributed by atoms with Crippen LogP contribution in [0.1, 0.15) is 38.8 Å². The number of ether oxygens (including phenoxy) is 1. The first-order valence-electron chi connectivity index (χ1n) is 5.28. The average molecular weight is 206 g/mol. The van der Waals surface area contributed by atoms with Crippen molar-refractivity contribution in [1.29, 1.82) is 0 Å². The molecule has 1 heterocycles. The molecule has 1 unspecified atom stereocenters. The quantitative estimate of drug-likeness (QED) is 0.706. The Bertz CT molecular complexity index is 365. The van der Waals surface area contributed by atoms with Crippen molar-refractivity contribution in [3.05, 3.63) is 41.7 Å². The summed E-state index contributed by atoms with van der Waals surface area (Å²) in [6.45, 7) is 7.61. The maximum atomic E-state index is 9.88. The van der Waals surface area contributed by atoms with Crippen molar-refractivity contribution in [3.63, 3.8) is 0 Å². The molecule has 2 nitrogen and oxygen atoms in total. The van der Waals surface area contributed by atoms with Gasteiger partial charge in [-0.2, -0.15) is 0 Å². The van der Waals surface area contributed by atoms with E-state index in [0.29, 0.717) is 0 Å². The SMILES string of the molecule is CC.CC1=COC(C)(O)c2ccccc21. The van der Waals surface area contributed by atoms with E-state index in [4.69, 9.17) is 4.74 Å². The van der Waals surface area contributed by atoms with Gasteiger partial charge in [0.25, 0.3) is 0 Å². The van der Waals surface area contributed by atoms with E-state index in [9.17, 15) is 5.11 Å². The van der Waals surface area contributed by atoms with Crippen molar-refractivity contribution in [1.82, 2.24) is 0 Å². The summed E-state index contributed by atoms with van der Waals surface area (Å²) in [7, 11) is 0. The Morgan fingerprint density at radius 3 is 2.40 bits per heavy atom. The molecular formula is C13H18O2. The fraction of sp³-hybridized carbons (Fsp3) is 0.385. The first-order chi connectivity index (χ1) is 7.11. The molecule has 0 radical (unpaired) electrons. The first-order valence-corrected chi connectivity index (χ1v) is 5.28. The van der Waals surface area contributed by atoms with Gasteiger partial charge in [-0.3, -0.25) is 0 Å². The molecule has 1 aliphatic heterocycles. The van der Waals surface area contributed by atoms with Crippen LogP contribution in [-0.2, 0) is 10.5 Å². The van der Waals surface area contributed by atoms with Crippen LogP contribution in [0.25, 0.3) is 5.57 Å². The van der Waals surface area contributed by atoms with Gasteiger partial charge in [-0.1, -0.05) is 38.1 Å². The minimum atomic E-state index is -1.18. The maximum Gasteiger partial charge on any atom is 0.231 e. The van der Waals surface area contributed by atoms with E-state index >= 15 is 0 Å². The van der Waals surface area contributed by atoms with Crippen molar-refractivity contribution in [2.45, 2.75) is 33.5 Å². The van der Waals surface area contributed by atoms with Crippen molar-refractivity contribution < 1.29 is 9.84 Å². The lowest BCUT2D eigenvalue weighted by Crippen LogP contribution is -2.26. The van der Waals surface area contributed by atoms with Gasteiger partial charge in [-0.15, -0.1) is 0 Å². The molecule has 1 aromatic carbocycles. The van der Waals surface area contributed by atoms with Crippen LogP contribution in [0.3, 0.4) is 0 Å². The van der Waals surface area contributed by atoms with Crippen molar-refractivity contribution in [2.75, 3.05) is 0 Å². The molecule has 0 fully saturated rings. The van der Waals surface area contributed by atoms with Crippen molar-refractivity contribution in [2.24, 2.45) is 0 Å². The number of fused-ring (bicyclic) bond motifs is 1. The molecule has 1 aliphatic rings. The van der Waals surface area contributed by atoms with Gasteiger partial charge in [0.15, 0.2) is 0 Å². The highest BCUT2D eigenvalue weighted by atomic mass is 16.6. The molecule has 1 N–H and O–H groups in total. The van der Waals surface area contributed by atoms with Gasteiger partial charge in [0.1, 0.15) is 0 Å². The maximum absolute atomic E-state index is 9.88. The van der Waals surface area contributed by atoms with Gasteiger partial charge in [-0.05, 0) is 18.1 Å². The Morgan fingerprint density at radius 2 is 1.80 bits per heavy atom. The van der Waals surface area contributed by atoms with E-state index in [-0.39, 0.29) is 0 Å². The molecule has 2 rings (SSSR count). The normalized spacial score (nSPS) is 22.9. The Balaban J connectivity index is 0.000000531. The number of hydrogen-bond acceptors (Lipinski definition) is 2. The van der Waals surface area contributed by atoms with E-state index < -0.39 is 5.79 Å². The second kappa shape index (κ2) is 4.49. The van der Waals surface area contributed by atoms with E-state index in [2.05, 4.69) is 0 Å². The minimum Gasteiger partial charge on any atom is -0.466 e. The largest absolute Gasteiger partial charge is 0.466 e. The van der Waals surface area contributed by atoms with Crippen LogP contribution in [0.5, 0.6) is 0 Å². The van der Waals surface area contributed by atoms with Crippen LogP contribution in [0, 0.1) is 0 Å². The molecule has 0 saturated carbocycles. The molecule has 1 atom stereocenters. The predicted octanol–water partition coefficient (Wildman–Crippen LogP) is 3.27. The zero-order valence-electron chi connectivity index (χ0n) is 9.74. The summed E-state index contributed by atoms with van der Waals surface area (Å²) in [5, 5.41) is 9.88. The molecule has 15 heavy (non-hydrogen) atoms. The third kappa shape index (κ3) is 2.21. The van der Waals surface area contributed by atoms with Crippen molar-refractivity contribution in [3.8, 4) is 0 Å². The Kier molecular flexibility index (Phi) is 3.53. The van der Waals surface area contributed by atoms with Crippen LogP contribution in [0.15, 0.2) is 30.5 Å². The highest BCUT2D eigenvalue weighted by Crippen LogP contribution is 2.34. The van der Waals surface area contributed by atoms with Crippen molar-refractivity contribution >= 4 is 5.57 Å². The molecule has 0 aliphatic carbocycles. The lowest BCUT2D eigenvalue weighted by molar-refractivity contribution is -0.161. The fourth-order valence-electron chi connectivity index (χ4n) is 1.56. The Labute approximate surface area is 91.2 Å². The summed E-state index contributed by atoms with van der Waals surface area (Å²) >= 11 is 0. The molecule has 1 aromatic rings. The molecule has 2 heteroatoms. The predicted molar refractivity (Wildman–Crippen MR) is 62.1 cm³/mol. The van der Waals surface area contributed by atoms with E-state index in [1.807, 2.05) is 45.0 Å². The molecule has 0 bridgehead atoms. The minimum absolute atomic E-state index is 0.829. The number of benzene rings is 1. The van der Waals surface area contributed by atoms with Gasteiger partial charge < -0.3 is 9.84 Å². The van der Waals surface area contributed by atoms with Crippen LogP contribution >= 0.6 is 0 Å². The zero-order valence-corrected chi connectivity index (χ0v) is 9.74. The van der Waals surface area contributed by atoms with Crippen LogP contribution in [-0.4, -0.2) is 5.11 Å². The highest BCUT2D eigenvalue weighted by Gasteiger charge is 2.30. The summed E-state index contributed by atoms with van der Waals surface area (Å²) in [4.78, 5) is 0. The summed E-state index contributed by atoms with van der Waals surface area (Å²) in [6.07, 6.45) is 1.60. The molecule has 0 amide bonds. The number of hydrogen-bond donors (Lipinski definition) is 1. The third-order valence-electron chi connectivity index (χ3n) is 2.32. The van der Waals surface area contributed by atoms with Gasteiger partial charge in [0.2, 0.25) is 5.79 Å². The zero-order chi connectivity index (χ0) is 11.5. The second-order valence-electron chi connectivity index (χ2n) is 3.45. The second-order valence-corrected chi connectivity index (χ2v) is 3.45. The van der Waals surface area contributed by atoms with Gasteiger partial charge >= 0.3 is 0 Å². The number of rotatable bonds is 0. The van der Waals surface area contributed by atoms with Crippen LogP contribution < -0.4 is 0 Å². The summed E-state index contributed by atoms with van der Waals surface area (Å²) in [5.41, 5.74) is 2.93. The molecular weight excluding hydrogens is 188 g/mol. The van der Waals surface area contributed by atoms with E-state index in [1.54, 1.807) is 13.2 Å². The van der Waals surface area contributed by atoms with Crippen LogP contribution in [0.4, 0.5) is 0 Å². The summed E-state index contributed by atoms with van der Waals surface area (Å²) in [5.74, 6) is -1.18. The fourth-order valence-corrected chi connectivity index (χ4v) is 1.56. The number of allylic oxidation sites excluding steroid dienone is 1. The van der Waals surface area contributed by atoms with E-state index in [1.165, 1.54) is 0 Å². The first kappa shape index (κ1) is 11.8. The Morgan fingerprint density at radius 1 is 1.20 bits per heavy atom. The summed E-state index contributed by atoms with van der Waals surface area (Å²) < 4.78 is 5.20. The van der Waals surface area contributed by atoms with Crippen LogP contribution in [0.2, 0.25) is 0 Å². The molecule has 0 spiro atoms. The monoisotopic (exact) mass is 206 g/mol. The van der Waals surface area contributed by atoms with Gasteiger partial charge in [0, 0.05) is 12.5 Å². The average Bonchev–Trinajstić information content (AvgIpc) is 2.27. The lowest BCUT2D eigenvalue weighted by Gasteiger charge is -2.29.